The number of rotatable bonds is 4. The normalized spacial score (nSPS) is 10.8. The molecule has 19 heavy (non-hydrogen) atoms. The Kier molecular flexibility index (Phi) is 4.08. The van der Waals surface area contributed by atoms with Gasteiger partial charge in [0.1, 0.15) is 0 Å². The molecule has 0 saturated carbocycles. The smallest absolute Gasteiger partial charge is 0.203 e. The first kappa shape index (κ1) is 13.0. The summed E-state index contributed by atoms with van der Waals surface area (Å²) in [4.78, 5) is 0. The van der Waals surface area contributed by atoms with Crippen LogP contribution in [0.4, 0.5) is 0 Å². The van der Waals surface area contributed by atoms with E-state index in [-0.39, 0.29) is 17.2 Å². The summed E-state index contributed by atoms with van der Waals surface area (Å²) in [7, 11) is 0. The van der Waals surface area contributed by atoms with Crippen molar-refractivity contribution in [3.8, 4) is 17.2 Å². The summed E-state index contributed by atoms with van der Waals surface area (Å²) >= 11 is 0. The number of phenols is 2. The van der Waals surface area contributed by atoms with E-state index in [2.05, 4.69) is 0 Å². The van der Waals surface area contributed by atoms with Crippen LogP contribution in [0.3, 0.4) is 0 Å². The lowest BCUT2D eigenvalue weighted by Crippen LogP contribution is -1.93. The van der Waals surface area contributed by atoms with Gasteiger partial charge in [0.15, 0.2) is 11.5 Å². The average Bonchev–Trinajstić information content (AvgIpc) is 2.44. The number of ether oxygens (including phenoxy) is 1. The molecule has 3 heteroatoms. The van der Waals surface area contributed by atoms with E-state index < -0.39 is 0 Å². The minimum absolute atomic E-state index is 0.0472. The van der Waals surface area contributed by atoms with Crippen LogP contribution in [0, 0.1) is 0 Å². The van der Waals surface area contributed by atoms with E-state index in [4.69, 9.17) is 4.74 Å². The first-order valence-electron chi connectivity index (χ1n) is 6.13. The standard InChI is InChI=1S/C16H16O3/c1-2-19-16-14(17)11-10-13(15(16)18)9-8-12-6-4-3-5-7-12/h3-11,17-18H,2H2,1H3/b9-8+. The SMILES string of the molecule is CCOc1c(O)ccc(/C=C/c2ccccc2)c1O. The van der Waals surface area contributed by atoms with Crippen LogP contribution in [-0.2, 0) is 0 Å². The van der Waals surface area contributed by atoms with Gasteiger partial charge in [0.25, 0.3) is 0 Å². The third-order valence-electron chi connectivity index (χ3n) is 2.69. The predicted molar refractivity (Wildman–Crippen MR) is 76.3 cm³/mol. The Hall–Kier alpha value is -2.42. The maximum absolute atomic E-state index is 10.0. The molecule has 0 saturated heterocycles. The monoisotopic (exact) mass is 256 g/mol. The van der Waals surface area contributed by atoms with Crippen molar-refractivity contribution in [2.45, 2.75) is 6.92 Å². The maximum Gasteiger partial charge on any atom is 0.203 e. The molecule has 0 unspecified atom stereocenters. The van der Waals surface area contributed by atoms with Gasteiger partial charge in [0.2, 0.25) is 5.75 Å². The zero-order valence-electron chi connectivity index (χ0n) is 10.7. The van der Waals surface area contributed by atoms with Crippen molar-refractivity contribution in [3.63, 3.8) is 0 Å². The zero-order valence-corrected chi connectivity index (χ0v) is 10.7. The molecule has 2 aromatic rings. The summed E-state index contributed by atoms with van der Waals surface area (Å²) in [6.45, 7) is 2.18. The van der Waals surface area contributed by atoms with Crippen LogP contribution < -0.4 is 4.74 Å². The molecule has 2 N–H and O–H groups in total. The van der Waals surface area contributed by atoms with Crippen LogP contribution in [0.2, 0.25) is 0 Å². The summed E-state index contributed by atoms with van der Waals surface area (Å²) in [5, 5.41) is 19.7. The molecule has 3 nitrogen and oxygen atoms in total. The van der Waals surface area contributed by atoms with Crippen LogP contribution in [0.15, 0.2) is 42.5 Å². The van der Waals surface area contributed by atoms with Crippen LogP contribution in [0.25, 0.3) is 12.2 Å². The second-order valence-corrected chi connectivity index (χ2v) is 4.03. The fraction of sp³-hybridized carbons (Fsp3) is 0.125. The highest BCUT2D eigenvalue weighted by Gasteiger charge is 2.11. The van der Waals surface area contributed by atoms with Gasteiger partial charge in [-0.25, -0.2) is 0 Å². The Morgan fingerprint density at radius 1 is 1.00 bits per heavy atom. The highest BCUT2D eigenvalue weighted by atomic mass is 16.5. The lowest BCUT2D eigenvalue weighted by atomic mass is 10.1. The fourth-order valence-electron chi connectivity index (χ4n) is 1.75. The van der Waals surface area contributed by atoms with Crippen LogP contribution in [0.1, 0.15) is 18.1 Å². The van der Waals surface area contributed by atoms with Gasteiger partial charge in [-0.05, 0) is 24.6 Å². The molecule has 2 rings (SSSR count). The Morgan fingerprint density at radius 2 is 1.74 bits per heavy atom. The molecule has 0 bridgehead atoms. The van der Waals surface area contributed by atoms with E-state index in [1.54, 1.807) is 19.1 Å². The van der Waals surface area contributed by atoms with Crippen molar-refractivity contribution in [1.82, 2.24) is 0 Å². The first-order valence-corrected chi connectivity index (χ1v) is 6.13. The van der Waals surface area contributed by atoms with Gasteiger partial charge < -0.3 is 14.9 Å². The summed E-state index contributed by atoms with van der Waals surface area (Å²) in [5.41, 5.74) is 1.64. The van der Waals surface area contributed by atoms with E-state index >= 15 is 0 Å². The molecule has 0 aliphatic heterocycles. The van der Waals surface area contributed by atoms with Crippen LogP contribution >= 0.6 is 0 Å². The Balaban J connectivity index is 2.31. The van der Waals surface area contributed by atoms with Gasteiger partial charge in [0, 0.05) is 5.56 Å². The van der Waals surface area contributed by atoms with Gasteiger partial charge in [-0.1, -0.05) is 42.5 Å². The molecular weight excluding hydrogens is 240 g/mol. The molecule has 0 aromatic heterocycles. The fourth-order valence-corrected chi connectivity index (χ4v) is 1.75. The Bertz CT molecular complexity index is 574. The first-order chi connectivity index (χ1) is 9.22. The van der Waals surface area contributed by atoms with Gasteiger partial charge in [0.05, 0.1) is 6.61 Å². The van der Waals surface area contributed by atoms with Crippen molar-refractivity contribution in [3.05, 3.63) is 53.6 Å². The quantitative estimate of drug-likeness (QED) is 0.821. The van der Waals surface area contributed by atoms with E-state index in [0.29, 0.717) is 12.2 Å². The maximum atomic E-state index is 10.0. The molecular formula is C16H16O3. The summed E-state index contributed by atoms with van der Waals surface area (Å²) in [6.07, 6.45) is 3.68. The molecule has 0 fully saturated rings. The van der Waals surface area contributed by atoms with Crippen molar-refractivity contribution >= 4 is 12.2 Å². The summed E-state index contributed by atoms with van der Waals surface area (Å²) < 4.78 is 5.23. The molecule has 0 atom stereocenters. The topological polar surface area (TPSA) is 49.7 Å². The molecule has 0 spiro atoms. The van der Waals surface area contributed by atoms with Crippen LogP contribution in [0.5, 0.6) is 17.2 Å². The van der Waals surface area contributed by atoms with E-state index in [1.165, 1.54) is 6.07 Å². The minimum atomic E-state index is -0.0591. The lowest BCUT2D eigenvalue weighted by molar-refractivity contribution is 0.298. The van der Waals surface area contributed by atoms with Crippen molar-refractivity contribution in [1.29, 1.82) is 0 Å². The molecule has 0 aliphatic rings. The van der Waals surface area contributed by atoms with Gasteiger partial charge in [-0.15, -0.1) is 0 Å². The molecule has 0 radical (unpaired) electrons. The van der Waals surface area contributed by atoms with Gasteiger partial charge >= 0.3 is 0 Å². The van der Waals surface area contributed by atoms with E-state index in [9.17, 15) is 10.2 Å². The second kappa shape index (κ2) is 5.96. The summed E-state index contributed by atoms with van der Waals surface area (Å²) in [6, 6.07) is 12.9. The molecule has 2 aromatic carbocycles. The van der Waals surface area contributed by atoms with E-state index in [1.807, 2.05) is 36.4 Å². The second-order valence-electron chi connectivity index (χ2n) is 4.03. The third kappa shape index (κ3) is 3.07. The van der Waals surface area contributed by atoms with Crippen molar-refractivity contribution in [2.24, 2.45) is 0 Å². The third-order valence-corrected chi connectivity index (χ3v) is 2.69. The highest BCUT2D eigenvalue weighted by molar-refractivity contribution is 5.75. The van der Waals surface area contributed by atoms with Gasteiger partial charge in [-0.3, -0.25) is 0 Å². The number of hydrogen-bond acceptors (Lipinski definition) is 3. The molecule has 98 valence electrons. The molecule has 0 amide bonds. The van der Waals surface area contributed by atoms with Crippen molar-refractivity contribution < 1.29 is 14.9 Å². The zero-order chi connectivity index (χ0) is 13.7. The number of phenolic OH excluding ortho intramolecular Hbond substituents is 2. The Morgan fingerprint density at radius 3 is 2.42 bits per heavy atom. The largest absolute Gasteiger partial charge is 0.504 e. The highest BCUT2D eigenvalue weighted by Crippen LogP contribution is 2.39. The molecule has 0 heterocycles. The lowest BCUT2D eigenvalue weighted by Gasteiger charge is -2.09. The van der Waals surface area contributed by atoms with Crippen molar-refractivity contribution in [2.75, 3.05) is 6.61 Å². The predicted octanol–water partition coefficient (Wildman–Crippen LogP) is 3.67. The minimum Gasteiger partial charge on any atom is -0.504 e. The van der Waals surface area contributed by atoms with E-state index in [0.717, 1.165) is 5.56 Å². The number of hydrogen-bond donors (Lipinski definition) is 2. The number of aromatic hydroxyl groups is 2. The van der Waals surface area contributed by atoms with Gasteiger partial charge in [-0.2, -0.15) is 0 Å². The van der Waals surface area contributed by atoms with Crippen LogP contribution in [-0.4, -0.2) is 16.8 Å². The average molecular weight is 256 g/mol. The number of benzene rings is 2. The summed E-state index contributed by atoms with van der Waals surface area (Å²) in [5.74, 6) is 0.0166. The molecule has 0 aliphatic carbocycles. The Labute approximate surface area is 112 Å².